The van der Waals surface area contributed by atoms with Crippen molar-refractivity contribution in [2.75, 3.05) is 0 Å². The Bertz CT molecular complexity index is 605. The number of benzene rings is 1. The maximum Gasteiger partial charge on any atom is 0.171 e. The molecule has 0 radical (unpaired) electrons. The van der Waals surface area contributed by atoms with Crippen molar-refractivity contribution in [3.05, 3.63) is 41.0 Å². The molecule has 0 unspecified atom stereocenters. The largest absolute Gasteiger partial charge is 0.453 e. The predicted octanol–water partition coefficient (Wildman–Crippen LogP) is 2.99. The van der Waals surface area contributed by atoms with Gasteiger partial charge in [-0.05, 0) is 32.9 Å². The summed E-state index contributed by atoms with van der Waals surface area (Å²) < 4.78 is 21.4. The van der Waals surface area contributed by atoms with E-state index in [0.717, 1.165) is 11.4 Å². The summed E-state index contributed by atoms with van der Waals surface area (Å²) in [5, 5.41) is 4.27. The van der Waals surface area contributed by atoms with Crippen LogP contribution in [0.5, 0.6) is 11.5 Å². The lowest BCUT2D eigenvalue weighted by molar-refractivity contribution is 0.454. The molecule has 0 aliphatic rings. The van der Waals surface area contributed by atoms with Crippen LogP contribution in [0.4, 0.5) is 4.39 Å². The van der Waals surface area contributed by atoms with Crippen molar-refractivity contribution in [2.24, 2.45) is 12.8 Å². The van der Waals surface area contributed by atoms with Gasteiger partial charge in [0.25, 0.3) is 0 Å². The van der Waals surface area contributed by atoms with E-state index in [4.69, 9.17) is 10.5 Å². The summed E-state index contributed by atoms with van der Waals surface area (Å²) in [5.74, 6) is 0.732. The molecule has 2 aromatic rings. The van der Waals surface area contributed by atoms with Crippen LogP contribution in [0.3, 0.4) is 0 Å². The molecule has 1 atom stereocenters. The van der Waals surface area contributed by atoms with Crippen LogP contribution < -0.4 is 10.5 Å². The van der Waals surface area contributed by atoms with Gasteiger partial charge in [-0.1, -0.05) is 6.07 Å². The number of nitrogens with two attached hydrogens (primary N) is 1. The molecule has 0 bridgehead atoms. The molecule has 102 valence electrons. The van der Waals surface area contributed by atoms with Gasteiger partial charge in [-0.25, -0.2) is 4.39 Å². The lowest BCUT2D eigenvalue weighted by Crippen LogP contribution is -2.09. The molecular weight excluding hydrogens is 245 g/mol. The number of halogens is 1. The van der Waals surface area contributed by atoms with E-state index in [0.29, 0.717) is 17.1 Å². The van der Waals surface area contributed by atoms with Gasteiger partial charge in [0.15, 0.2) is 5.75 Å². The summed E-state index contributed by atoms with van der Waals surface area (Å²) >= 11 is 0. The Morgan fingerprint density at radius 1 is 1.37 bits per heavy atom. The minimum Gasteiger partial charge on any atom is -0.453 e. The molecule has 19 heavy (non-hydrogen) atoms. The van der Waals surface area contributed by atoms with Crippen molar-refractivity contribution in [3.8, 4) is 11.5 Å². The van der Waals surface area contributed by atoms with E-state index in [9.17, 15) is 4.39 Å². The maximum absolute atomic E-state index is 13.8. The van der Waals surface area contributed by atoms with Crippen LogP contribution in [0, 0.1) is 19.7 Å². The Balaban J connectivity index is 2.47. The van der Waals surface area contributed by atoms with E-state index in [1.54, 1.807) is 23.7 Å². The van der Waals surface area contributed by atoms with E-state index in [-0.39, 0.29) is 5.82 Å². The minimum absolute atomic E-state index is 0.355. The molecule has 0 fully saturated rings. The average Bonchev–Trinajstić information content (AvgIpc) is 2.55. The van der Waals surface area contributed by atoms with Crippen molar-refractivity contribution < 1.29 is 9.13 Å². The second-order valence-electron chi connectivity index (χ2n) is 4.67. The molecule has 0 spiro atoms. The second kappa shape index (κ2) is 5.01. The van der Waals surface area contributed by atoms with Crippen LogP contribution in [-0.2, 0) is 7.05 Å². The van der Waals surface area contributed by atoms with E-state index in [1.807, 2.05) is 20.9 Å². The molecule has 2 N–H and O–H groups in total. The number of aromatic nitrogens is 2. The van der Waals surface area contributed by atoms with E-state index in [1.165, 1.54) is 6.07 Å². The highest BCUT2D eigenvalue weighted by Gasteiger charge is 2.17. The Hall–Kier alpha value is -1.88. The molecule has 1 aromatic heterocycles. The zero-order valence-electron chi connectivity index (χ0n) is 11.6. The lowest BCUT2D eigenvalue weighted by Gasteiger charge is -2.14. The van der Waals surface area contributed by atoms with Crippen molar-refractivity contribution in [1.29, 1.82) is 0 Å². The molecule has 0 amide bonds. The van der Waals surface area contributed by atoms with Crippen LogP contribution in [0.15, 0.2) is 18.2 Å². The zero-order chi connectivity index (χ0) is 14.2. The molecule has 1 heterocycles. The molecular formula is C14H18FN3O. The summed E-state index contributed by atoms with van der Waals surface area (Å²) in [7, 11) is 1.84. The molecule has 5 heteroatoms. The van der Waals surface area contributed by atoms with E-state index < -0.39 is 6.04 Å². The fourth-order valence-corrected chi connectivity index (χ4v) is 2.06. The molecule has 0 saturated carbocycles. The third kappa shape index (κ3) is 2.46. The lowest BCUT2D eigenvalue weighted by atomic mass is 10.1. The normalized spacial score (nSPS) is 12.5. The molecule has 2 rings (SSSR count). The Morgan fingerprint density at radius 2 is 2.05 bits per heavy atom. The zero-order valence-corrected chi connectivity index (χ0v) is 11.6. The third-order valence-corrected chi connectivity index (χ3v) is 3.12. The van der Waals surface area contributed by atoms with Crippen LogP contribution in [-0.4, -0.2) is 9.78 Å². The summed E-state index contributed by atoms with van der Waals surface area (Å²) in [6.07, 6.45) is 0. The van der Waals surface area contributed by atoms with Crippen LogP contribution in [0.2, 0.25) is 0 Å². The van der Waals surface area contributed by atoms with Crippen LogP contribution in [0.25, 0.3) is 0 Å². The first-order valence-corrected chi connectivity index (χ1v) is 6.14. The van der Waals surface area contributed by atoms with Gasteiger partial charge >= 0.3 is 0 Å². The van der Waals surface area contributed by atoms with Gasteiger partial charge in [-0.15, -0.1) is 0 Å². The third-order valence-electron chi connectivity index (χ3n) is 3.12. The van der Waals surface area contributed by atoms with Gasteiger partial charge in [-0.2, -0.15) is 5.10 Å². The first-order valence-electron chi connectivity index (χ1n) is 6.14. The summed E-state index contributed by atoms with van der Waals surface area (Å²) in [6, 6.07) is 4.27. The summed E-state index contributed by atoms with van der Waals surface area (Å²) in [4.78, 5) is 0. The number of nitrogens with zero attached hydrogens (tertiary/aromatic N) is 2. The minimum atomic E-state index is -0.437. The number of aryl methyl sites for hydroxylation is 2. The van der Waals surface area contributed by atoms with Gasteiger partial charge in [0.1, 0.15) is 17.3 Å². The van der Waals surface area contributed by atoms with Gasteiger partial charge in [-0.3, -0.25) is 4.68 Å². The number of rotatable bonds is 3. The standard InChI is InChI=1S/C14H18FN3O/c1-8(16)13-11(15)6-5-7-12(13)19-14-9(2)17-18(4)10(14)3/h5-8H,16H2,1-4H3/t8-/m1/s1. The second-order valence-corrected chi connectivity index (χ2v) is 4.67. The molecule has 0 aliphatic heterocycles. The molecule has 0 saturated heterocycles. The first kappa shape index (κ1) is 13.5. The SMILES string of the molecule is Cc1nn(C)c(C)c1Oc1cccc(F)c1[C@@H](C)N. The van der Waals surface area contributed by atoms with Gasteiger partial charge < -0.3 is 10.5 Å². The topological polar surface area (TPSA) is 53.1 Å². The van der Waals surface area contributed by atoms with Crippen LogP contribution in [0.1, 0.15) is 29.9 Å². The summed E-state index contributed by atoms with van der Waals surface area (Å²) in [5.41, 5.74) is 7.84. The predicted molar refractivity (Wildman–Crippen MR) is 71.8 cm³/mol. The fraction of sp³-hybridized carbons (Fsp3) is 0.357. The molecule has 1 aromatic carbocycles. The highest BCUT2D eigenvalue weighted by Crippen LogP contribution is 2.33. The Kier molecular flexibility index (Phi) is 3.57. The van der Waals surface area contributed by atoms with Crippen molar-refractivity contribution in [2.45, 2.75) is 26.8 Å². The Morgan fingerprint density at radius 3 is 2.58 bits per heavy atom. The highest BCUT2D eigenvalue weighted by molar-refractivity contribution is 5.43. The van der Waals surface area contributed by atoms with Gasteiger partial charge in [0.05, 0.1) is 5.69 Å². The number of ether oxygens (including phenoxy) is 1. The van der Waals surface area contributed by atoms with Crippen LogP contribution >= 0.6 is 0 Å². The van der Waals surface area contributed by atoms with Crippen molar-refractivity contribution in [1.82, 2.24) is 9.78 Å². The molecule has 4 nitrogen and oxygen atoms in total. The maximum atomic E-state index is 13.8. The van der Waals surface area contributed by atoms with Gasteiger partial charge in [0, 0.05) is 18.7 Å². The van der Waals surface area contributed by atoms with E-state index in [2.05, 4.69) is 5.10 Å². The number of hydrogen-bond donors (Lipinski definition) is 1. The van der Waals surface area contributed by atoms with Crippen molar-refractivity contribution in [3.63, 3.8) is 0 Å². The summed E-state index contributed by atoms with van der Waals surface area (Å²) in [6.45, 7) is 5.49. The van der Waals surface area contributed by atoms with Crippen molar-refractivity contribution >= 4 is 0 Å². The average molecular weight is 263 g/mol. The highest BCUT2D eigenvalue weighted by atomic mass is 19.1. The molecule has 0 aliphatic carbocycles. The van der Waals surface area contributed by atoms with E-state index >= 15 is 0 Å². The first-order chi connectivity index (χ1) is 8.91. The fourth-order valence-electron chi connectivity index (χ4n) is 2.06. The Labute approximate surface area is 112 Å². The quantitative estimate of drug-likeness (QED) is 0.926. The monoisotopic (exact) mass is 263 g/mol. The smallest absolute Gasteiger partial charge is 0.171 e. The van der Waals surface area contributed by atoms with Gasteiger partial charge in [0.2, 0.25) is 0 Å². The number of hydrogen-bond acceptors (Lipinski definition) is 3.